The minimum Gasteiger partial charge on any atom is -0.451 e. The van der Waals surface area contributed by atoms with Crippen molar-refractivity contribution < 1.29 is 4.42 Å². The molecule has 1 aliphatic rings. The molecule has 2 atom stereocenters. The molecule has 0 bridgehead atoms. The van der Waals surface area contributed by atoms with Crippen molar-refractivity contribution in [2.75, 3.05) is 13.1 Å². The van der Waals surface area contributed by atoms with Gasteiger partial charge in [0.25, 0.3) is 0 Å². The molecule has 1 aliphatic heterocycles. The van der Waals surface area contributed by atoms with Gasteiger partial charge in [-0.05, 0) is 25.3 Å². The largest absolute Gasteiger partial charge is 0.451 e. The van der Waals surface area contributed by atoms with Gasteiger partial charge in [-0.2, -0.15) is 0 Å². The quantitative estimate of drug-likeness (QED) is 0.813. The maximum atomic E-state index is 5.83. The van der Waals surface area contributed by atoms with E-state index in [-0.39, 0.29) is 0 Å². The van der Waals surface area contributed by atoms with E-state index in [4.69, 9.17) is 10.2 Å². The van der Waals surface area contributed by atoms with Gasteiger partial charge in [0.15, 0.2) is 6.39 Å². The van der Waals surface area contributed by atoms with Gasteiger partial charge >= 0.3 is 0 Å². The molecule has 0 amide bonds. The highest BCUT2D eigenvalue weighted by Gasteiger charge is 2.27. The van der Waals surface area contributed by atoms with Gasteiger partial charge in [0.1, 0.15) is 6.26 Å². The Morgan fingerprint density at radius 3 is 3.20 bits per heavy atom. The van der Waals surface area contributed by atoms with Gasteiger partial charge in [-0.1, -0.05) is 6.92 Å². The molecular formula is C11H19N3O. The number of piperidine rings is 1. The summed E-state index contributed by atoms with van der Waals surface area (Å²) in [6.07, 6.45) is 5.75. The van der Waals surface area contributed by atoms with Crippen molar-refractivity contribution in [1.82, 2.24) is 9.88 Å². The molecular weight excluding hydrogens is 190 g/mol. The molecule has 2 unspecified atom stereocenters. The molecule has 0 aromatic carbocycles. The fourth-order valence-corrected chi connectivity index (χ4v) is 2.44. The van der Waals surface area contributed by atoms with Crippen molar-refractivity contribution in [2.45, 2.75) is 32.4 Å². The standard InChI is InChI=1S/C11H19N3O/c1-9-3-2-4-14(11(9)5-12)6-10-7-15-8-13-10/h7-9,11H,2-6,12H2,1H3. The van der Waals surface area contributed by atoms with Gasteiger partial charge in [0, 0.05) is 19.1 Å². The molecule has 84 valence electrons. The van der Waals surface area contributed by atoms with E-state index in [0.29, 0.717) is 12.0 Å². The van der Waals surface area contributed by atoms with E-state index in [1.54, 1.807) is 6.26 Å². The SMILES string of the molecule is CC1CCCN(Cc2cocn2)C1CN. The lowest BCUT2D eigenvalue weighted by atomic mass is 9.91. The summed E-state index contributed by atoms with van der Waals surface area (Å²) in [5.74, 6) is 0.690. The molecule has 2 heterocycles. The van der Waals surface area contributed by atoms with Crippen molar-refractivity contribution in [1.29, 1.82) is 0 Å². The molecule has 0 spiro atoms. The number of aromatic nitrogens is 1. The average Bonchev–Trinajstić information content (AvgIpc) is 2.71. The van der Waals surface area contributed by atoms with Gasteiger partial charge < -0.3 is 10.2 Å². The number of nitrogens with two attached hydrogens (primary N) is 1. The number of nitrogens with zero attached hydrogens (tertiary/aromatic N) is 2. The molecule has 4 nitrogen and oxygen atoms in total. The fourth-order valence-electron chi connectivity index (χ4n) is 2.44. The number of rotatable bonds is 3. The Bertz CT molecular complexity index is 286. The van der Waals surface area contributed by atoms with E-state index >= 15 is 0 Å². The van der Waals surface area contributed by atoms with E-state index in [1.807, 2.05) is 0 Å². The van der Waals surface area contributed by atoms with Crippen LogP contribution in [0.3, 0.4) is 0 Å². The Balaban J connectivity index is 2.00. The number of hydrogen-bond acceptors (Lipinski definition) is 4. The predicted octanol–water partition coefficient (Wildman–Crippen LogP) is 1.23. The molecule has 0 radical (unpaired) electrons. The minimum atomic E-state index is 0.496. The predicted molar refractivity (Wildman–Crippen MR) is 58.2 cm³/mol. The Morgan fingerprint density at radius 1 is 1.67 bits per heavy atom. The first-order chi connectivity index (χ1) is 7.31. The normalized spacial score (nSPS) is 28.1. The van der Waals surface area contributed by atoms with Crippen LogP contribution in [0.4, 0.5) is 0 Å². The summed E-state index contributed by atoms with van der Waals surface area (Å²) >= 11 is 0. The van der Waals surface area contributed by atoms with Crippen molar-refractivity contribution in [3.05, 3.63) is 18.4 Å². The molecule has 1 aromatic rings. The first-order valence-electron chi connectivity index (χ1n) is 5.62. The summed E-state index contributed by atoms with van der Waals surface area (Å²) in [5.41, 5.74) is 6.83. The van der Waals surface area contributed by atoms with Crippen LogP contribution in [0.15, 0.2) is 17.1 Å². The summed E-state index contributed by atoms with van der Waals surface area (Å²) in [7, 11) is 0. The highest BCUT2D eigenvalue weighted by atomic mass is 16.3. The van der Waals surface area contributed by atoms with E-state index < -0.39 is 0 Å². The van der Waals surface area contributed by atoms with Gasteiger partial charge in [-0.25, -0.2) is 4.98 Å². The Labute approximate surface area is 90.5 Å². The van der Waals surface area contributed by atoms with Crippen molar-refractivity contribution in [2.24, 2.45) is 11.7 Å². The third-order valence-corrected chi connectivity index (χ3v) is 3.32. The molecule has 4 heteroatoms. The summed E-state index contributed by atoms with van der Waals surface area (Å²) in [6.45, 7) is 5.01. The lowest BCUT2D eigenvalue weighted by molar-refractivity contribution is 0.0977. The van der Waals surface area contributed by atoms with E-state index in [9.17, 15) is 0 Å². The second-order valence-electron chi connectivity index (χ2n) is 4.37. The smallest absolute Gasteiger partial charge is 0.180 e. The van der Waals surface area contributed by atoms with Gasteiger partial charge in [0.2, 0.25) is 0 Å². The van der Waals surface area contributed by atoms with Crippen LogP contribution >= 0.6 is 0 Å². The Morgan fingerprint density at radius 2 is 2.53 bits per heavy atom. The van der Waals surface area contributed by atoms with Crippen LogP contribution in [0.5, 0.6) is 0 Å². The maximum absolute atomic E-state index is 5.83. The van der Waals surface area contributed by atoms with E-state index in [1.165, 1.54) is 19.2 Å². The molecule has 0 aliphatic carbocycles. The van der Waals surface area contributed by atoms with Gasteiger partial charge in [0.05, 0.1) is 5.69 Å². The highest BCUT2D eigenvalue weighted by molar-refractivity contribution is 4.94. The zero-order valence-corrected chi connectivity index (χ0v) is 9.22. The maximum Gasteiger partial charge on any atom is 0.180 e. The van der Waals surface area contributed by atoms with Crippen LogP contribution in [0.2, 0.25) is 0 Å². The monoisotopic (exact) mass is 209 g/mol. The minimum absolute atomic E-state index is 0.496. The summed E-state index contributed by atoms with van der Waals surface area (Å²) in [5, 5.41) is 0. The fraction of sp³-hybridized carbons (Fsp3) is 0.727. The number of oxazole rings is 1. The molecule has 0 saturated carbocycles. The Kier molecular flexibility index (Phi) is 3.38. The van der Waals surface area contributed by atoms with Crippen LogP contribution in [-0.4, -0.2) is 29.0 Å². The second kappa shape index (κ2) is 4.77. The van der Waals surface area contributed by atoms with Crippen molar-refractivity contribution >= 4 is 0 Å². The third kappa shape index (κ3) is 2.38. The summed E-state index contributed by atoms with van der Waals surface area (Å²) < 4.78 is 4.98. The topological polar surface area (TPSA) is 55.3 Å². The molecule has 1 saturated heterocycles. The summed E-state index contributed by atoms with van der Waals surface area (Å²) in [4.78, 5) is 6.58. The molecule has 1 aromatic heterocycles. The lowest BCUT2D eigenvalue weighted by Gasteiger charge is -2.38. The van der Waals surface area contributed by atoms with Crippen molar-refractivity contribution in [3.8, 4) is 0 Å². The first-order valence-corrected chi connectivity index (χ1v) is 5.62. The first kappa shape index (κ1) is 10.6. The second-order valence-corrected chi connectivity index (χ2v) is 4.37. The molecule has 1 fully saturated rings. The molecule has 2 rings (SSSR count). The zero-order valence-electron chi connectivity index (χ0n) is 9.22. The van der Waals surface area contributed by atoms with Crippen LogP contribution in [0.1, 0.15) is 25.5 Å². The number of hydrogen-bond donors (Lipinski definition) is 1. The zero-order chi connectivity index (χ0) is 10.7. The average molecular weight is 209 g/mol. The molecule has 15 heavy (non-hydrogen) atoms. The van der Waals surface area contributed by atoms with Gasteiger partial charge in [-0.15, -0.1) is 0 Å². The van der Waals surface area contributed by atoms with E-state index in [0.717, 1.165) is 25.3 Å². The van der Waals surface area contributed by atoms with Crippen molar-refractivity contribution in [3.63, 3.8) is 0 Å². The van der Waals surface area contributed by atoms with E-state index in [2.05, 4.69) is 16.8 Å². The number of likely N-dealkylation sites (tertiary alicyclic amines) is 1. The Hall–Kier alpha value is -0.870. The van der Waals surface area contributed by atoms with Crippen LogP contribution < -0.4 is 5.73 Å². The lowest BCUT2D eigenvalue weighted by Crippen LogP contribution is -2.48. The van der Waals surface area contributed by atoms with Crippen LogP contribution in [0, 0.1) is 5.92 Å². The third-order valence-electron chi connectivity index (χ3n) is 3.32. The summed E-state index contributed by atoms with van der Waals surface area (Å²) in [6, 6.07) is 0.496. The molecule has 2 N–H and O–H groups in total. The highest BCUT2D eigenvalue weighted by Crippen LogP contribution is 2.23. The van der Waals surface area contributed by atoms with Crippen LogP contribution in [-0.2, 0) is 6.54 Å². The van der Waals surface area contributed by atoms with Crippen LogP contribution in [0.25, 0.3) is 0 Å². The van der Waals surface area contributed by atoms with Gasteiger partial charge in [-0.3, -0.25) is 4.90 Å².